The average molecular weight is 465 g/mol. The first-order valence-corrected chi connectivity index (χ1v) is 12.2. The van der Waals surface area contributed by atoms with Crippen LogP contribution in [0.2, 0.25) is 0 Å². The summed E-state index contributed by atoms with van der Waals surface area (Å²) in [5.74, 6) is 1.47. The number of aryl methyl sites for hydroxylation is 1. The molecule has 5 rings (SSSR count). The van der Waals surface area contributed by atoms with Gasteiger partial charge in [-0.1, -0.05) is 30.3 Å². The van der Waals surface area contributed by atoms with Gasteiger partial charge in [-0.25, -0.2) is 0 Å². The maximum absolute atomic E-state index is 13.1. The topological polar surface area (TPSA) is 67.9 Å². The van der Waals surface area contributed by atoms with E-state index in [1.54, 1.807) is 11.8 Å². The van der Waals surface area contributed by atoms with Gasteiger partial charge in [-0.2, -0.15) is 0 Å². The van der Waals surface area contributed by atoms with Crippen LogP contribution < -0.4 is 14.8 Å². The smallest absolute Gasteiger partial charge is 0.260 e. The number of likely N-dealkylation sites (N-methyl/N-ethyl adjacent to an activating group) is 1. The predicted molar refractivity (Wildman–Crippen MR) is 129 cm³/mol. The second-order valence-corrected chi connectivity index (χ2v) is 10.2. The summed E-state index contributed by atoms with van der Waals surface area (Å²) < 4.78 is 10.8. The number of ether oxygens (including phenoxy) is 2. The number of nitrogens with one attached hydrogen (secondary N) is 1. The number of rotatable bonds is 4. The van der Waals surface area contributed by atoms with Crippen LogP contribution in [-0.2, 0) is 16.1 Å². The molecule has 33 heavy (non-hydrogen) atoms. The van der Waals surface area contributed by atoms with E-state index in [0.717, 1.165) is 45.9 Å². The molecule has 2 heterocycles. The number of amides is 2. The number of hydrogen-bond acceptors (Lipinski definition) is 5. The van der Waals surface area contributed by atoms with E-state index in [9.17, 15) is 9.59 Å². The Morgan fingerprint density at radius 3 is 2.85 bits per heavy atom. The SMILES string of the molecule is Cc1ccccc1/C=C1/SC2CCC(C(=O)NCc3ccc4c(c3)OCO4)CC2N(C)C1=O. The minimum absolute atomic E-state index is 0.0471. The molecular weight excluding hydrogens is 436 g/mol. The summed E-state index contributed by atoms with van der Waals surface area (Å²) in [6.45, 7) is 2.75. The van der Waals surface area contributed by atoms with E-state index in [-0.39, 0.29) is 30.6 Å². The van der Waals surface area contributed by atoms with Crippen molar-refractivity contribution >= 4 is 29.7 Å². The van der Waals surface area contributed by atoms with Gasteiger partial charge in [-0.05, 0) is 61.1 Å². The van der Waals surface area contributed by atoms with Crippen LogP contribution in [-0.4, -0.2) is 41.8 Å². The van der Waals surface area contributed by atoms with Gasteiger partial charge >= 0.3 is 0 Å². The molecule has 2 aliphatic heterocycles. The summed E-state index contributed by atoms with van der Waals surface area (Å²) in [5, 5.41) is 3.39. The fourth-order valence-corrected chi connectivity index (χ4v) is 6.28. The Morgan fingerprint density at radius 1 is 1.18 bits per heavy atom. The monoisotopic (exact) mass is 464 g/mol. The highest BCUT2D eigenvalue weighted by atomic mass is 32.2. The molecule has 172 valence electrons. The maximum Gasteiger partial charge on any atom is 0.260 e. The first-order valence-electron chi connectivity index (χ1n) is 11.4. The van der Waals surface area contributed by atoms with E-state index in [4.69, 9.17) is 9.47 Å². The number of thioether (sulfide) groups is 1. The van der Waals surface area contributed by atoms with Crippen molar-refractivity contribution in [1.29, 1.82) is 0 Å². The quantitative estimate of drug-likeness (QED) is 0.690. The minimum Gasteiger partial charge on any atom is -0.454 e. The zero-order valence-electron chi connectivity index (χ0n) is 18.9. The lowest BCUT2D eigenvalue weighted by Gasteiger charge is -2.44. The van der Waals surface area contributed by atoms with Crippen LogP contribution in [0.4, 0.5) is 0 Å². The van der Waals surface area contributed by atoms with Crippen LogP contribution >= 0.6 is 11.8 Å². The van der Waals surface area contributed by atoms with Crippen molar-refractivity contribution in [3.8, 4) is 11.5 Å². The number of nitrogens with zero attached hydrogens (tertiary/aromatic N) is 1. The number of carbonyl (C=O) groups excluding carboxylic acids is 2. The molecule has 1 aliphatic carbocycles. The van der Waals surface area contributed by atoms with Crippen molar-refractivity contribution in [2.45, 2.75) is 44.0 Å². The number of hydrogen-bond donors (Lipinski definition) is 1. The van der Waals surface area contributed by atoms with Gasteiger partial charge in [0.25, 0.3) is 5.91 Å². The van der Waals surface area contributed by atoms with Crippen LogP contribution in [0.5, 0.6) is 11.5 Å². The van der Waals surface area contributed by atoms with E-state index < -0.39 is 0 Å². The molecule has 7 heteroatoms. The standard InChI is InChI=1S/C26H28N2O4S/c1-16-5-3-4-6-18(16)13-24-26(30)28(2)20-12-19(8-10-23(20)33-24)25(29)27-14-17-7-9-21-22(11-17)32-15-31-21/h3-7,9,11,13,19-20,23H,8,10,12,14-15H2,1-2H3,(H,27,29)/b24-13+. The van der Waals surface area contributed by atoms with Gasteiger partial charge in [0.2, 0.25) is 12.7 Å². The fourth-order valence-electron chi connectivity index (χ4n) is 4.81. The maximum atomic E-state index is 13.1. The zero-order chi connectivity index (χ0) is 22.9. The fraction of sp³-hybridized carbons (Fsp3) is 0.385. The van der Waals surface area contributed by atoms with E-state index in [0.29, 0.717) is 18.2 Å². The normalized spacial score (nSPS) is 25.2. The summed E-state index contributed by atoms with van der Waals surface area (Å²) in [7, 11) is 1.87. The molecule has 1 saturated carbocycles. The zero-order valence-corrected chi connectivity index (χ0v) is 19.7. The molecule has 3 aliphatic rings. The Hall–Kier alpha value is -2.93. The van der Waals surface area contributed by atoms with Crippen LogP contribution in [0.15, 0.2) is 47.4 Å². The number of carbonyl (C=O) groups is 2. The molecule has 1 saturated heterocycles. The first-order chi connectivity index (χ1) is 16.0. The number of benzene rings is 2. The van der Waals surface area contributed by atoms with Crippen molar-refractivity contribution in [2.75, 3.05) is 13.8 Å². The van der Waals surface area contributed by atoms with Gasteiger partial charge < -0.3 is 19.7 Å². The van der Waals surface area contributed by atoms with Crippen molar-refractivity contribution in [3.63, 3.8) is 0 Å². The highest BCUT2D eigenvalue weighted by molar-refractivity contribution is 8.04. The summed E-state index contributed by atoms with van der Waals surface area (Å²) >= 11 is 1.68. The van der Waals surface area contributed by atoms with Gasteiger partial charge in [0.1, 0.15) is 0 Å². The van der Waals surface area contributed by atoms with Crippen LogP contribution in [0.1, 0.15) is 36.0 Å². The molecule has 1 N–H and O–H groups in total. The molecule has 0 bridgehead atoms. The van der Waals surface area contributed by atoms with Crippen molar-refractivity contribution in [3.05, 3.63) is 64.1 Å². The summed E-state index contributed by atoms with van der Waals surface area (Å²) in [6.07, 6.45) is 4.46. The summed E-state index contributed by atoms with van der Waals surface area (Å²) in [4.78, 5) is 28.7. The Bertz CT molecular complexity index is 1120. The van der Waals surface area contributed by atoms with Crippen LogP contribution in [0.25, 0.3) is 6.08 Å². The highest BCUT2D eigenvalue weighted by Gasteiger charge is 2.42. The lowest BCUT2D eigenvalue weighted by molar-refractivity contribution is -0.132. The number of fused-ring (bicyclic) bond motifs is 2. The van der Waals surface area contributed by atoms with E-state index in [2.05, 4.69) is 18.3 Å². The molecule has 2 fully saturated rings. The molecule has 2 aromatic rings. The van der Waals surface area contributed by atoms with E-state index >= 15 is 0 Å². The lowest BCUT2D eigenvalue weighted by atomic mass is 9.83. The van der Waals surface area contributed by atoms with Gasteiger partial charge in [-0.15, -0.1) is 11.8 Å². The Morgan fingerprint density at radius 2 is 2.00 bits per heavy atom. The molecule has 0 aromatic heterocycles. The van der Waals surface area contributed by atoms with Crippen molar-refractivity contribution < 1.29 is 19.1 Å². The highest BCUT2D eigenvalue weighted by Crippen LogP contribution is 2.43. The molecule has 0 spiro atoms. The molecule has 0 radical (unpaired) electrons. The predicted octanol–water partition coefficient (Wildman–Crippen LogP) is 4.12. The molecule has 2 amide bonds. The van der Waals surface area contributed by atoms with Gasteiger partial charge in [0, 0.05) is 30.8 Å². The minimum atomic E-state index is -0.0852. The lowest BCUT2D eigenvalue weighted by Crippen LogP contribution is -2.52. The molecule has 3 unspecified atom stereocenters. The van der Waals surface area contributed by atoms with Gasteiger partial charge in [-0.3, -0.25) is 9.59 Å². The first kappa shape index (κ1) is 21.9. The van der Waals surface area contributed by atoms with E-state index in [1.165, 1.54) is 0 Å². The summed E-state index contributed by atoms with van der Waals surface area (Å²) in [5.41, 5.74) is 3.22. The van der Waals surface area contributed by atoms with Crippen molar-refractivity contribution in [2.24, 2.45) is 5.92 Å². The third-order valence-electron chi connectivity index (χ3n) is 6.81. The largest absolute Gasteiger partial charge is 0.454 e. The third-order valence-corrected chi connectivity index (χ3v) is 8.21. The second kappa shape index (κ2) is 9.14. The van der Waals surface area contributed by atoms with Crippen LogP contribution in [0.3, 0.4) is 0 Å². The van der Waals surface area contributed by atoms with E-state index in [1.807, 2.05) is 54.4 Å². The molecule has 2 aromatic carbocycles. The Labute approximate surface area is 198 Å². The second-order valence-electron chi connectivity index (χ2n) is 8.92. The third kappa shape index (κ3) is 4.47. The summed E-state index contributed by atoms with van der Waals surface area (Å²) in [6, 6.07) is 13.9. The van der Waals surface area contributed by atoms with Crippen molar-refractivity contribution in [1.82, 2.24) is 10.2 Å². The Balaban J connectivity index is 1.21. The van der Waals surface area contributed by atoms with Gasteiger partial charge in [0.05, 0.1) is 4.91 Å². The van der Waals surface area contributed by atoms with Crippen LogP contribution in [0, 0.1) is 12.8 Å². The molecular formula is C26H28N2O4S. The Kier molecular flexibility index (Phi) is 6.06. The average Bonchev–Trinajstić information content (AvgIpc) is 3.30. The molecule has 6 nitrogen and oxygen atoms in total. The molecule has 3 atom stereocenters. The van der Waals surface area contributed by atoms with Gasteiger partial charge in [0.15, 0.2) is 11.5 Å².